The second-order valence-corrected chi connectivity index (χ2v) is 8.80. The van der Waals surface area contributed by atoms with Crippen LogP contribution in [-0.2, 0) is 9.53 Å². The number of thiazole rings is 1. The summed E-state index contributed by atoms with van der Waals surface area (Å²) < 4.78 is 5.61. The van der Waals surface area contributed by atoms with E-state index >= 15 is 0 Å². The van der Waals surface area contributed by atoms with Crippen LogP contribution in [0.1, 0.15) is 68.6 Å². The topological polar surface area (TPSA) is 100 Å². The lowest BCUT2D eigenvalue weighted by atomic mass is 9.95. The molecule has 1 aromatic rings. The van der Waals surface area contributed by atoms with Gasteiger partial charge in [-0.2, -0.15) is 0 Å². The maximum atomic E-state index is 12.7. The van der Waals surface area contributed by atoms with Crippen molar-refractivity contribution in [1.82, 2.24) is 14.8 Å². The summed E-state index contributed by atoms with van der Waals surface area (Å²) in [6.07, 6.45) is 0.435. The van der Waals surface area contributed by atoms with Crippen LogP contribution in [0.2, 0.25) is 0 Å². The molecule has 0 aliphatic heterocycles. The van der Waals surface area contributed by atoms with Crippen molar-refractivity contribution in [3.63, 3.8) is 0 Å². The number of carbonyl (C=O) groups is 3. The number of carbonyl (C=O) groups excluding carboxylic acids is 2. The predicted molar refractivity (Wildman–Crippen MR) is 112 cm³/mol. The Labute approximate surface area is 176 Å². The van der Waals surface area contributed by atoms with Gasteiger partial charge >= 0.3 is 12.1 Å². The molecule has 1 aromatic heterocycles. The lowest BCUT2D eigenvalue weighted by Crippen LogP contribution is -2.42. The van der Waals surface area contributed by atoms with Crippen LogP contribution in [0.25, 0.3) is 0 Å². The molecule has 1 N–H and O–H groups in total. The Kier molecular flexibility index (Phi) is 9.55. The summed E-state index contributed by atoms with van der Waals surface area (Å²) in [5.74, 6) is -0.690. The molecule has 2 amide bonds. The SMILES string of the molecule is CC[C@H](C)CC(=O)N(C)[C@H](C[C@@H](OC(=O)N(C)C)c1nc(C(=O)O)cs1)C(C)C. The van der Waals surface area contributed by atoms with Gasteiger partial charge in [-0.1, -0.05) is 34.1 Å². The number of nitrogens with zero attached hydrogens (tertiary/aromatic N) is 3. The molecule has 1 rings (SSSR count). The molecule has 0 saturated heterocycles. The van der Waals surface area contributed by atoms with E-state index in [1.165, 1.54) is 10.3 Å². The van der Waals surface area contributed by atoms with Crippen molar-refractivity contribution in [3.8, 4) is 0 Å². The van der Waals surface area contributed by atoms with Gasteiger partial charge in [0.1, 0.15) is 5.01 Å². The number of hydrogen-bond donors (Lipinski definition) is 1. The third-order valence-corrected chi connectivity index (χ3v) is 5.90. The highest BCUT2D eigenvalue weighted by atomic mass is 32.1. The lowest BCUT2D eigenvalue weighted by Gasteiger charge is -2.34. The predicted octanol–water partition coefficient (Wildman–Crippen LogP) is 3.89. The Balaban J connectivity index is 3.12. The standard InChI is InChI=1S/C20H33N3O5S/c1-8-13(4)9-17(24)23(7)15(12(2)3)10-16(28-20(27)22(5)6)18-21-14(11-29-18)19(25)26/h11-13,15-16H,8-10H2,1-7H3,(H,25,26)/t13-,15+,16+/m0/s1. The molecule has 29 heavy (non-hydrogen) atoms. The fraction of sp³-hybridized carbons (Fsp3) is 0.700. The zero-order valence-corrected chi connectivity index (χ0v) is 19.2. The van der Waals surface area contributed by atoms with Crippen molar-refractivity contribution >= 4 is 29.3 Å². The zero-order chi connectivity index (χ0) is 22.3. The first kappa shape index (κ1) is 24.9. The fourth-order valence-electron chi connectivity index (χ4n) is 2.83. The van der Waals surface area contributed by atoms with Crippen LogP contribution < -0.4 is 0 Å². The van der Waals surface area contributed by atoms with E-state index in [1.54, 1.807) is 26.0 Å². The molecule has 164 valence electrons. The number of hydrogen-bond acceptors (Lipinski definition) is 6. The summed E-state index contributed by atoms with van der Waals surface area (Å²) >= 11 is 1.14. The first-order valence-electron chi connectivity index (χ1n) is 9.80. The molecule has 0 unspecified atom stereocenters. The van der Waals surface area contributed by atoms with Crippen LogP contribution in [0.3, 0.4) is 0 Å². The monoisotopic (exact) mass is 427 g/mol. The van der Waals surface area contributed by atoms with Gasteiger partial charge in [-0.05, 0) is 11.8 Å². The summed E-state index contributed by atoms with van der Waals surface area (Å²) in [5, 5.41) is 11.0. The third kappa shape index (κ3) is 7.30. The van der Waals surface area contributed by atoms with Crippen molar-refractivity contribution in [1.29, 1.82) is 0 Å². The number of aromatic nitrogens is 1. The highest BCUT2D eigenvalue weighted by Gasteiger charge is 2.31. The number of aromatic carboxylic acids is 1. The highest BCUT2D eigenvalue weighted by Crippen LogP contribution is 2.31. The Bertz CT molecular complexity index is 704. The van der Waals surface area contributed by atoms with Crippen molar-refractivity contribution in [2.75, 3.05) is 21.1 Å². The van der Waals surface area contributed by atoms with E-state index in [9.17, 15) is 14.4 Å². The smallest absolute Gasteiger partial charge is 0.409 e. The van der Waals surface area contributed by atoms with Crippen LogP contribution in [0.4, 0.5) is 4.79 Å². The van der Waals surface area contributed by atoms with Crippen molar-refractivity contribution in [2.24, 2.45) is 11.8 Å². The van der Waals surface area contributed by atoms with E-state index < -0.39 is 18.2 Å². The van der Waals surface area contributed by atoms with Crippen LogP contribution in [0.15, 0.2) is 5.38 Å². The van der Waals surface area contributed by atoms with Crippen molar-refractivity contribution in [2.45, 2.75) is 59.1 Å². The Hall–Kier alpha value is -2.16. The van der Waals surface area contributed by atoms with Gasteiger partial charge in [0, 0.05) is 45.4 Å². The van der Waals surface area contributed by atoms with E-state index in [1.807, 2.05) is 20.8 Å². The largest absolute Gasteiger partial charge is 0.476 e. The minimum Gasteiger partial charge on any atom is -0.476 e. The van der Waals surface area contributed by atoms with Gasteiger partial charge in [0.15, 0.2) is 11.8 Å². The zero-order valence-electron chi connectivity index (χ0n) is 18.3. The lowest BCUT2D eigenvalue weighted by molar-refractivity contribution is -0.134. The Morgan fingerprint density at radius 3 is 2.28 bits per heavy atom. The van der Waals surface area contributed by atoms with Crippen LogP contribution in [-0.4, -0.2) is 65.0 Å². The van der Waals surface area contributed by atoms with Gasteiger partial charge in [-0.25, -0.2) is 14.6 Å². The minimum atomic E-state index is -1.13. The van der Waals surface area contributed by atoms with Gasteiger partial charge in [-0.15, -0.1) is 11.3 Å². The van der Waals surface area contributed by atoms with Gasteiger partial charge < -0.3 is 19.6 Å². The average Bonchev–Trinajstić information content (AvgIpc) is 3.14. The second kappa shape index (κ2) is 11.1. The summed E-state index contributed by atoms with van der Waals surface area (Å²) in [6.45, 7) is 8.11. The molecule has 0 aliphatic carbocycles. The molecule has 0 fully saturated rings. The van der Waals surface area contributed by atoms with Crippen LogP contribution in [0, 0.1) is 11.8 Å². The normalized spacial score (nSPS) is 14.2. The Morgan fingerprint density at radius 2 is 1.83 bits per heavy atom. The first-order valence-corrected chi connectivity index (χ1v) is 10.7. The number of amides is 2. The summed E-state index contributed by atoms with van der Waals surface area (Å²) in [7, 11) is 4.92. The van der Waals surface area contributed by atoms with Gasteiger partial charge in [0.05, 0.1) is 0 Å². The molecular formula is C20H33N3O5S. The molecule has 0 radical (unpaired) electrons. The molecular weight excluding hydrogens is 394 g/mol. The molecule has 0 bridgehead atoms. The highest BCUT2D eigenvalue weighted by molar-refractivity contribution is 7.09. The van der Waals surface area contributed by atoms with Crippen LogP contribution >= 0.6 is 11.3 Å². The van der Waals surface area contributed by atoms with Crippen molar-refractivity contribution < 1.29 is 24.2 Å². The quantitative estimate of drug-likeness (QED) is 0.608. The Morgan fingerprint density at radius 1 is 1.21 bits per heavy atom. The minimum absolute atomic E-state index is 0.0427. The van der Waals surface area contributed by atoms with E-state index in [4.69, 9.17) is 9.84 Å². The van der Waals surface area contributed by atoms with Crippen LogP contribution in [0.5, 0.6) is 0 Å². The summed E-state index contributed by atoms with van der Waals surface area (Å²) in [6, 6.07) is -0.191. The molecule has 8 nitrogen and oxygen atoms in total. The molecule has 0 aliphatic rings. The van der Waals surface area contributed by atoms with E-state index in [-0.39, 0.29) is 29.5 Å². The van der Waals surface area contributed by atoms with E-state index in [0.717, 1.165) is 17.8 Å². The van der Waals surface area contributed by atoms with Gasteiger partial charge in [0.2, 0.25) is 5.91 Å². The first-order chi connectivity index (χ1) is 13.5. The molecule has 3 atom stereocenters. The molecule has 0 aromatic carbocycles. The van der Waals surface area contributed by atoms with E-state index in [2.05, 4.69) is 11.9 Å². The molecule has 1 heterocycles. The van der Waals surface area contributed by atoms with Crippen molar-refractivity contribution in [3.05, 3.63) is 16.1 Å². The number of ether oxygens (including phenoxy) is 1. The maximum absolute atomic E-state index is 12.7. The summed E-state index contributed by atoms with van der Waals surface area (Å²) in [4.78, 5) is 43.3. The molecule has 0 spiro atoms. The summed E-state index contributed by atoms with van der Waals surface area (Å²) in [5.41, 5.74) is -0.0850. The number of rotatable bonds is 10. The number of carboxylic acids is 1. The van der Waals surface area contributed by atoms with Gasteiger partial charge in [0.25, 0.3) is 0 Å². The fourth-order valence-corrected chi connectivity index (χ4v) is 3.66. The third-order valence-electron chi connectivity index (χ3n) is 4.96. The number of carboxylic acid groups (broad SMARTS) is 1. The van der Waals surface area contributed by atoms with Gasteiger partial charge in [-0.3, -0.25) is 4.79 Å². The van der Waals surface area contributed by atoms with E-state index in [0.29, 0.717) is 17.8 Å². The maximum Gasteiger partial charge on any atom is 0.409 e. The molecule has 9 heteroatoms. The second-order valence-electron chi connectivity index (χ2n) is 7.91. The average molecular weight is 428 g/mol. The molecule has 0 saturated carbocycles.